The van der Waals surface area contributed by atoms with Crippen molar-refractivity contribution < 1.29 is 28.6 Å². The van der Waals surface area contributed by atoms with Gasteiger partial charge in [-0.25, -0.2) is 0 Å². The summed E-state index contributed by atoms with van der Waals surface area (Å²) < 4.78 is 17.0. The van der Waals surface area contributed by atoms with Gasteiger partial charge in [0.05, 0.1) is 0 Å². The fourth-order valence-electron chi connectivity index (χ4n) is 9.25. The Morgan fingerprint density at radius 2 is 0.476 bits per heavy atom. The van der Waals surface area contributed by atoms with Crippen LogP contribution in [0.1, 0.15) is 310 Å². The van der Waals surface area contributed by atoms with Crippen LogP contribution in [0.2, 0.25) is 0 Å². The van der Waals surface area contributed by atoms with E-state index in [-0.39, 0.29) is 31.1 Å². The molecule has 0 rings (SSSR count). The van der Waals surface area contributed by atoms with E-state index < -0.39 is 6.10 Å². The SMILES string of the molecule is CC/C=C\C/C=C\C/C=C\C/C=C\C/C=C\C/C=C\CCCCCCCCCCC(=O)OCC(COC(=O)CCCCCCCCC/C=C\C/C=C\CCCCCC)OC(=O)CCCCCCCC/C=C\C/C=C\C/C=C\CCCCC. The number of rotatable bonds is 61. The minimum absolute atomic E-state index is 0.0930. The maximum atomic E-state index is 12.9. The van der Waals surface area contributed by atoms with Crippen LogP contribution in [0.25, 0.3) is 0 Å². The largest absolute Gasteiger partial charge is 0.462 e. The van der Waals surface area contributed by atoms with E-state index in [2.05, 4.69) is 154 Å². The predicted molar refractivity (Wildman–Crippen MR) is 357 cm³/mol. The van der Waals surface area contributed by atoms with Crippen LogP contribution >= 0.6 is 0 Å². The highest BCUT2D eigenvalue weighted by Gasteiger charge is 2.19. The smallest absolute Gasteiger partial charge is 0.306 e. The van der Waals surface area contributed by atoms with E-state index in [1.807, 2.05) is 0 Å². The molecule has 0 aliphatic carbocycles. The molecule has 0 aromatic heterocycles. The molecular formula is C76H126O6. The van der Waals surface area contributed by atoms with Crippen molar-refractivity contribution in [3.63, 3.8) is 0 Å². The zero-order valence-corrected chi connectivity index (χ0v) is 53.5. The Bertz CT molecular complexity index is 1730. The second-order valence-electron chi connectivity index (χ2n) is 22.3. The summed E-state index contributed by atoms with van der Waals surface area (Å²) in [5, 5.41) is 0. The Morgan fingerprint density at radius 1 is 0.256 bits per heavy atom. The third-order valence-electron chi connectivity index (χ3n) is 14.4. The highest BCUT2D eigenvalue weighted by atomic mass is 16.6. The van der Waals surface area contributed by atoms with Crippen LogP contribution in [0.5, 0.6) is 0 Å². The number of carbonyl (C=O) groups is 3. The van der Waals surface area contributed by atoms with Crippen LogP contribution in [0, 0.1) is 0 Å². The second-order valence-corrected chi connectivity index (χ2v) is 22.3. The van der Waals surface area contributed by atoms with E-state index in [1.54, 1.807) is 0 Å². The highest BCUT2D eigenvalue weighted by molar-refractivity contribution is 5.71. The molecule has 6 nitrogen and oxygen atoms in total. The molecule has 0 fully saturated rings. The first-order valence-corrected chi connectivity index (χ1v) is 34.2. The van der Waals surface area contributed by atoms with Gasteiger partial charge in [-0.1, -0.05) is 283 Å². The van der Waals surface area contributed by atoms with Crippen molar-refractivity contribution in [2.24, 2.45) is 0 Å². The Hall–Kier alpha value is -4.45. The minimum Gasteiger partial charge on any atom is -0.462 e. The molecule has 0 radical (unpaired) electrons. The Kier molecular flexibility index (Phi) is 65.3. The van der Waals surface area contributed by atoms with Crippen LogP contribution in [0.4, 0.5) is 0 Å². The van der Waals surface area contributed by atoms with Gasteiger partial charge in [0.2, 0.25) is 0 Å². The Balaban J connectivity index is 4.43. The van der Waals surface area contributed by atoms with Crippen molar-refractivity contribution in [3.8, 4) is 0 Å². The molecule has 1 unspecified atom stereocenters. The first-order valence-electron chi connectivity index (χ1n) is 34.2. The average Bonchev–Trinajstić information content (AvgIpc) is 3.47. The summed E-state index contributed by atoms with van der Waals surface area (Å²) in [6.45, 7) is 6.48. The van der Waals surface area contributed by atoms with Gasteiger partial charge in [-0.15, -0.1) is 0 Å². The highest BCUT2D eigenvalue weighted by Crippen LogP contribution is 2.15. The third-order valence-corrected chi connectivity index (χ3v) is 14.4. The molecule has 0 N–H and O–H groups in total. The maximum absolute atomic E-state index is 12.9. The first kappa shape index (κ1) is 77.5. The average molecular weight is 1140 g/mol. The van der Waals surface area contributed by atoms with Crippen LogP contribution in [-0.2, 0) is 28.6 Å². The molecule has 0 spiro atoms. The lowest BCUT2D eigenvalue weighted by Crippen LogP contribution is -2.30. The number of allylic oxidation sites excluding steroid dienone is 22. The van der Waals surface area contributed by atoms with Gasteiger partial charge in [-0.2, -0.15) is 0 Å². The van der Waals surface area contributed by atoms with Crippen molar-refractivity contribution in [1.82, 2.24) is 0 Å². The third kappa shape index (κ3) is 66.4. The Labute approximate surface area is 506 Å². The molecule has 0 aromatic carbocycles. The van der Waals surface area contributed by atoms with Crippen LogP contribution in [0.15, 0.2) is 134 Å². The number of ether oxygens (including phenoxy) is 3. The molecule has 0 amide bonds. The van der Waals surface area contributed by atoms with E-state index in [0.29, 0.717) is 19.3 Å². The fourth-order valence-corrected chi connectivity index (χ4v) is 9.25. The molecule has 82 heavy (non-hydrogen) atoms. The van der Waals surface area contributed by atoms with Crippen molar-refractivity contribution in [1.29, 1.82) is 0 Å². The summed E-state index contributed by atoms with van der Waals surface area (Å²) in [5.74, 6) is -0.915. The van der Waals surface area contributed by atoms with E-state index >= 15 is 0 Å². The number of carbonyl (C=O) groups excluding carboxylic acids is 3. The predicted octanol–water partition coefficient (Wildman–Crippen LogP) is 23.7. The van der Waals surface area contributed by atoms with Crippen molar-refractivity contribution in [2.75, 3.05) is 13.2 Å². The molecule has 0 aromatic rings. The van der Waals surface area contributed by atoms with Crippen molar-refractivity contribution in [2.45, 2.75) is 316 Å². The summed E-state index contributed by atoms with van der Waals surface area (Å²) in [6.07, 6.45) is 97.4. The van der Waals surface area contributed by atoms with Crippen LogP contribution in [-0.4, -0.2) is 37.2 Å². The zero-order chi connectivity index (χ0) is 59.2. The molecule has 466 valence electrons. The lowest BCUT2D eigenvalue weighted by Gasteiger charge is -2.18. The van der Waals surface area contributed by atoms with E-state index in [1.165, 1.54) is 128 Å². The normalized spacial score (nSPS) is 13.0. The second kappa shape index (κ2) is 69.0. The summed E-state index contributed by atoms with van der Waals surface area (Å²) in [4.78, 5) is 38.5. The quantitative estimate of drug-likeness (QED) is 0.0261. The molecule has 6 heteroatoms. The lowest BCUT2D eigenvalue weighted by atomic mass is 10.1. The Morgan fingerprint density at radius 3 is 0.768 bits per heavy atom. The molecule has 0 saturated carbocycles. The first-order chi connectivity index (χ1) is 40.5. The molecular weight excluding hydrogens is 1010 g/mol. The monoisotopic (exact) mass is 1130 g/mol. The molecule has 1 atom stereocenters. The van der Waals surface area contributed by atoms with Crippen LogP contribution < -0.4 is 0 Å². The van der Waals surface area contributed by atoms with Gasteiger partial charge in [0, 0.05) is 19.3 Å². The van der Waals surface area contributed by atoms with Crippen LogP contribution in [0.3, 0.4) is 0 Å². The fraction of sp³-hybridized carbons (Fsp3) is 0.671. The van der Waals surface area contributed by atoms with Gasteiger partial charge in [0.1, 0.15) is 13.2 Å². The summed E-state index contributed by atoms with van der Waals surface area (Å²) in [7, 11) is 0. The molecule has 0 aliphatic heterocycles. The van der Waals surface area contributed by atoms with Crippen molar-refractivity contribution >= 4 is 17.9 Å². The number of unbranched alkanes of at least 4 members (excludes halogenated alkanes) is 28. The topological polar surface area (TPSA) is 78.9 Å². The zero-order valence-electron chi connectivity index (χ0n) is 53.5. The lowest BCUT2D eigenvalue weighted by molar-refractivity contribution is -0.167. The van der Waals surface area contributed by atoms with Crippen molar-refractivity contribution in [3.05, 3.63) is 134 Å². The van der Waals surface area contributed by atoms with Gasteiger partial charge in [0.25, 0.3) is 0 Å². The van der Waals surface area contributed by atoms with E-state index in [9.17, 15) is 14.4 Å². The minimum atomic E-state index is -0.799. The van der Waals surface area contributed by atoms with Gasteiger partial charge in [0.15, 0.2) is 6.10 Å². The number of hydrogen-bond acceptors (Lipinski definition) is 6. The standard InChI is InChI=1S/C76H126O6/c1-4-7-10-13-16-19-22-25-28-31-34-35-36-37-38-39-40-41-43-45-48-51-54-57-60-63-66-69-75(78)81-72-73(71-80-74(77)68-65-62-59-56-53-50-47-44-33-30-27-24-21-18-15-12-9-6-3)82-76(79)70-67-64-61-58-55-52-49-46-42-32-29-26-23-20-17-14-11-8-5-2/h7,10,16-17,19-21,24-26,28-30,33-35,37-38,40-42,46,73H,4-6,8-9,11-15,18,22-23,27,31-32,36,39,43-45,47-72H2,1-3H3/b10-7-,19-16-,20-17-,24-21-,28-25-,29-26-,33-30-,35-34-,38-37-,41-40-,46-42-. The summed E-state index contributed by atoms with van der Waals surface area (Å²) in [6, 6.07) is 0. The molecule has 0 saturated heterocycles. The van der Waals surface area contributed by atoms with E-state index in [4.69, 9.17) is 14.2 Å². The van der Waals surface area contributed by atoms with Gasteiger partial charge in [-0.3, -0.25) is 14.4 Å². The van der Waals surface area contributed by atoms with Gasteiger partial charge < -0.3 is 14.2 Å². The summed E-state index contributed by atoms with van der Waals surface area (Å²) >= 11 is 0. The number of hydrogen-bond donors (Lipinski definition) is 0. The molecule has 0 aliphatic rings. The maximum Gasteiger partial charge on any atom is 0.306 e. The molecule has 0 bridgehead atoms. The summed E-state index contributed by atoms with van der Waals surface area (Å²) in [5.41, 5.74) is 0. The van der Waals surface area contributed by atoms with Gasteiger partial charge >= 0.3 is 17.9 Å². The van der Waals surface area contributed by atoms with E-state index in [0.717, 1.165) is 141 Å². The number of esters is 3. The molecule has 0 heterocycles. The van der Waals surface area contributed by atoms with Gasteiger partial charge in [-0.05, 0) is 141 Å².